The second-order valence-corrected chi connectivity index (χ2v) is 6.61. The Morgan fingerprint density at radius 3 is 3.00 bits per heavy atom. The zero-order valence-corrected chi connectivity index (χ0v) is 15.1. The van der Waals surface area contributed by atoms with Crippen molar-refractivity contribution in [2.45, 2.75) is 25.4 Å². The highest BCUT2D eigenvalue weighted by molar-refractivity contribution is 5.93. The molecule has 1 atom stereocenters. The van der Waals surface area contributed by atoms with Crippen molar-refractivity contribution in [3.05, 3.63) is 42.0 Å². The SMILES string of the molecule is CNc1cc(N2CCC[C@@](O)(CNC(=O)c3ncccc3C)C2)ncn1. The van der Waals surface area contributed by atoms with Crippen LogP contribution in [-0.4, -0.2) is 58.2 Å². The average molecular weight is 356 g/mol. The van der Waals surface area contributed by atoms with Gasteiger partial charge < -0.3 is 20.6 Å². The van der Waals surface area contributed by atoms with Gasteiger partial charge in [0, 0.05) is 38.9 Å². The topological polar surface area (TPSA) is 103 Å². The average Bonchev–Trinajstić information content (AvgIpc) is 2.67. The number of amides is 1. The van der Waals surface area contributed by atoms with Gasteiger partial charge in [0.2, 0.25) is 0 Å². The summed E-state index contributed by atoms with van der Waals surface area (Å²) in [5.74, 6) is 1.21. The van der Waals surface area contributed by atoms with Crippen LogP contribution in [0.3, 0.4) is 0 Å². The normalized spacial score (nSPS) is 19.9. The van der Waals surface area contributed by atoms with E-state index in [0.29, 0.717) is 18.7 Å². The van der Waals surface area contributed by atoms with Crippen LogP contribution in [0.2, 0.25) is 0 Å². The van der Waals surface area contributed by atoms with Gasteiger partial charge in [-0.25, -0.2) is 9.97 Å². The third-order valence-electron chi connectivity index (χ3n) is 4.59. The molecule has 3 N–H and O–H groups in total. The number of carbonyl (C=O) groups is 1. The van der Waals surface area contributed by atoms with Gasteiger partial charge in [0.1, 0.15) is 23.7 Å². The number of hydrogen-bond donors (Lipinski definition) is 3. The summed E-state index contributed by atoms with van der Waals surface area (Å²) in [6.45, 7) is 3.21. The lowest BCUT2D eigenvalue weighted by molar-refractivity contribution is 0.0253. The minimum atomic E-state index is -1.01. The molecule has 8 heteroatoms. The van der Waals surface area contributed by atoms with E-state index in [4.69, 9.17) is 0 Å². The summed E-state index contributed by atoms with van der Waals surface area (Å²) in [7, 11) is 1.80. The van der Waals surface area contributed by atoms with Gasteiger partial charge in [-0.1, -0.05) is 6.07 Å². The van der Waals surface area contributed by atoms with Crippen LogP contribution >= 0.6 is 0 Å². The predicted octanol–water partition coefficient (Wildman–Crippen LogP) is 0.983. The molecule has 2 aromatic heterocycles. The third kappa shape index (κ3) is 4.08. The molecule has 1 fully saturated rings. The van der Waals surface area contributed by atoms with Crippen LogP contribution in [0, 0.1) is 6.92 Å². The molecule has 0 aromatic carbocycles. The maximum atomic E-state index is 12.4. The Morgan fingerprint density at radius 2 is 2.23 bits per heavy atom. The molecule has 3 rings (SSSR count). The van der Waals surface area contributed by atoms with Gasteiger partial charge >= 0.3 is 0 Å². The zero-order valence-electron chi connectivity index (χ0n) is 15.1. The fraction of sp³-hybridized carbons (Fsp3) is 0.444. The van der Waals surface area contributed by atoms with Gasteiger partial charge in [-0.15, -0.1) is 0 Å². The standard InChI is InChI=1S/C18H24N6O2/c1-13-5-3-7-20-16(13)17(25)21-10-18(26)6-4-8-24(11-18)15-9-14(19-2)22-12-23-15/h3,5,7,9,12,26H,4,6,8,10-11H2,1-2H3,(H,21,25)(H,19,22,23)/t18-/m1/s1. The van der Waals surface area contributed by atoms with Crippen LogP contribution in [0.25, 0.3) is 0 Å². The van der Waals surface area contributed by atoms with Crippen molar-refractivity contribution in [3.63, 3.8) is 0 Å². The number of hydrogen-bond acceptors (Lipinski definition) is 7. The van der Waals surface area contributed by atoms with E-state index in [-0.39, 0.29) is 12.5 Å². The van der Waals surface area contributed by atoms with Crippen LogP contribution in [0.4, 0.5) is 11.6 Å². The number of carbonyl (C=O) groups excluding carboxylic acids is 1. The van der Waals surface area contributed by atoms with Gasteiger partial charge in [-0.05, 0) is 31.4 Å². The molecule has 3 heterocycles. The first kappa shape index (κ1) is 18.1. The summed E-state index contributed by atoms with van der Waals surface area (Å²) in [6.07, 6.45) is 4.52. The molecule has 0 spiro atoms. The van der Waals surface area contributed by atoms with Crippen LogP contribution < -0.4 is 15.5 Å². The predicted molar refractivity (Wildman–Crippen MR) is 99.3 cm³/mol. The van der Waals surface area contributed by atoms with Crippen LogP contribution in [0.1, 0.15) is 28.9 Å². The lowest BCUT2D eigenvalue weighted by Crippen LogP contribution is -2.54. The summed E-state index contributed by atoms with van der Waals surface area (Å²) in [5, 5.41) is 16.8. The van der Waals surface area contributed by atoms with Crippen molar-refractivity contribution in [2.75, 3.05) is 36.9 Å². The molecule has 1 saturated heterocycles. The lowest BCUT2D eigenvalue weighted by Gasteiger charge is -2.39. The Labute approximate surface area is 152 Å². The Balaban J connectivity index is 1.65. The van der Waals surface area contributed by atoms with E-state index in [2.05, 4.69) is 25.6 Å². The number of aryl methyl sites for hydroxylation is 1. The van der Waals surface area contributed by atoms with Gasteiger partial charge in [-0.3, -0.25) is 9.78 Å². The van der Waals surface area contributed by atoms with Crippen molar-refractivity contribution in [1.29, 1.82) is 0 Å². The molecule has 0 unspecified atom stereocenters. The highest BCUT2D eigenvalue weighted by atomic mass is 16.3. The molecule has 1 aliphatic rings. The summed E-state index contributed by atoms with van der Waals surface area (Å²) in [6, 6.07) is 5.48. The molecule has 26 heavy (non-hydrogen) atoms. The van der Waals surface area contributed by atoms with Gasteiger partial charge in [0.15, 0.2) is 0 Å². The van der Waals surface area contributed by atoms with Gasteiger partial charge in [0.25, 0.3) is 5.91 Å². The first-order valence-corrected chi connectivity index (χ1v) is 8.68. The number of aliphatic hydroxyl groups is 1. The molecular weight excluding hydrogens is 332 g/mol. The smallest absolute Gasteiger partial charge is 0.270 e. The molecule has 0 saturated carbocycles. The summed E-state index contributed by atoms with van der Waals surface area (Å²) >= 11 is 0. The first-order chi connectivity index (χ1) is 12.5. The molecule has 0 bridgehead atoms. The molecule has 0 radical (unpaired) electrons. The van der Waals surface area contributed by atoms with Crippen molar-refractivity contribution in [1.82, 2.24) is 20.3 Å². The number of piperidine rings is 1. The number of nitrogens with zero attached hydrogens (tertiary/aromatic N) is 4. The number of nitrogens with one attached hydrogen (secondary N) is 2. The molecule has 8 nitrogen and oxygen atoms in total. The monoisotopic (exact) mass is 356 g/mol. The van der Waals surface area contributed by atoms with Crippen LogP contribution in [0.5, 0.6) is 0 Å². The Morgan fingerprint density at radius 1 is 1.38 bits per heavy atom. The second kappa shape index (κ2) is 7.65. The highest BCUT2D eigenvalue weighted by Gasteiger charge is 2.34. The van der Waals surface area contributed by atoms with E-state index in [1.165, 1.54) is 6.33 Å². The van der Waals surface area contributed by atoms with Crippen molar-refractivity contribution >= 4 is 17.5 Å². The van der Waals surface area contributed by atoms with Gasteiger partial charge in [0.05, 0.1) is 5.60 Å². The number of anilines is 2. The third-order valence-corrected chi connectivity index (χ3v) is 4.59. The van der Waals surface area contributed by atoms with Crippen LogP contribution in [-0.2, 0) is 0 Å². The summed E-state index contributed by atoms with van der Waals surface area (Å²) in [5.41, 5.74) is 0.183. The number of pyridine rings is 1. The Kier molecular flexibility index (Phi) is 5.32. The minimum absolute atomic E-state index is 0.169. The Bertz CT molecular complexity index is 784. The maximum Gasteiger partial charge on any atom is 0.270 e. The summed E-state index contributed by atoms with van der Waals surface area (Å²) in [4.78, 5) is 26.9. The second-order valence-electron chi connectivity index (χ2n) is 6.61. The molecular formula is C18H24N6O2. The highest BCUT2D eigenvalue weighted by Crippen LogP contribution is 2.25. The lowest BCUT2D eigenvalue weighted by atomic mass is 9.92. The van der Waals surface area contributed by atoms with Crippen LogP contribution in [0.15, 0.2) is 30.7 Å². The minimum Gasteiger partial charge on any atom is -0.386 e. The van der Waals surface area contributed by atoms with Crippen molar-refractivity contribution < 1.29 is 9.90 Å². The number of β-amino-alcohol motifs (C(OH)–C–C–N with tert-alkyl or cyclic N) is 1. The van der Waals surface area contributed by atoms with Crippen molar-refractivity contribution in [2.24, 2.45) is 0 Å². The van der Waals surface area contributed by atoms with Gasteiger partial charge in [-0.2, -0.15) is 0 Å². The molecule has 2 aromatic rings. The largest absolute Gasteiger partial charge is 0.386 e. The molecule has 138 valence electrons. The van der Waals surface area contributed by atoms with E-state index in [1.54, 1.807) is 19.3 Å². The van der Waals surface area contributed by atoms with E-state index in [1.807, 2.05) is 24.0 Å². The van der Waals surface area contributed by atoms with E-state index in [9.17, 15) is 9.90 Å². The summed E-state index contributed by atoms with van der Waals surface area (Å²) < 4.78 is 0. The Hall–Kier alpha value is -2.74. The van der Waals surface area contributed by atoms with E-state index in [0.717, 1.165) is 30.2 Å². The quantitative estimate of drug-likeness (QED) is 0.734. The zero-order chi connectivity index (χ0) is 18.6. The number of aromatic nitrogens is 3. The van der Waals surface area contributed by atoms with E-state index < -0.39 is 5.60 Å². The van der Waals surface area contributed by atoms with Crippen molar-refractivity contribution in [3.8, 4) is 0 Å². The fourth-order valence-corrected chi connectivity index (χ4v) is 3.16. The van der Waals surface area contributed by atoms with E-state index >= 15 is 0 Å². The maximum absolute atomic E-state index is 12.4. The molecule has 0 aliphatic carbocycles. The molecule has 1 aliphatic heterocycles. The first-order valence-electron chi connectivity index (χ1n) is 8.68. The molecule has 1 amide bonds. The number of rotatable bonds is 5. The fourth-order valence-electron chi connectivity index (χ4n) is 3.16.